The molecule has 382 valence electrons. The highest BCUT2D eigenvalue weighted by Gasteiger charge is 2.37. The third kappa shape index (κ3) is 18.0. The monoisotopic (exact) mass is 957 g/mol. The Morgan fingerprint density at radius 2 is 0.732 bits per heavy atom. The Morgan fingerprint density at radius 1 is 0.423 bits per heavy atom. The summed E-state index contributed by atoms with van der Waals surface area (Å²) in [5.74, 6) is 1.54. The van der Waals surface area contributed by atoms with Crippen LogP contribution in [0.15, 0.2) is 97.1 Å². The van der Waals surface area contributed by atoms with Gasteiger partial charge in [-0.05, 0) is 122 Å². The molecule has 2 fully saturated rings. The standard InChI is InChI=1S/C34H47NO.C33H45NO/c1-3-5-7-9-11-17-33(36)30-20-18-28(19-21-30)31-15-12-13-16-32(31)29-22-25-34(27-35,26-23-29)24-14-10-8-6-4-2;1-3-5-7-9-13-23-33(26-34)24-21-28(22-25-33)31-15-12-11-14-30(31)27-17-19-29(20-18-27)32(35)16-10-8-6-4-2/h12-13,15-16,18-21,29H,3-11,14,17,22-26H2,1-2H3;11-12,14-15,17-20,28H,3-10,13,16,21-25H2,1-2H3. The van der Waals surface area contributed by atoms with Gasteiger partial charge in [-0.15, -0.1) is 0 Å². The summed E-state index contributed by atoms with van der Waals surface area (Å²) < 4.78 is 0. The van der Waals surface area contributed by atoms with E-state index in [1.807, 2.05) is 24.3 Å². The second-order valence-electron chi connectivity index (χ2n) is 21.8. The lowest BCUT2D eigenvalue weighted by Crippen LogP contribution is -2.25. The first-order valence-electron chi connectivity index (χ1n) is 29.0. The minimum atomic E-state index is -0.115. The lowest BCUT2D eigenvalue weighted by molar-refractivity contribution is 0.0971. The molecule has 0 heterocycles. The fourth-order valence-electron chi connectivity index (χ4n) is 11.7. The molecule has 0 spiro atoms. The number of Topliss-reactive ketones (excluding diaryl/α,β-unsaturated/α-hetero) is 2. The molecule has 0 N–H and O–H groups in total. The van der Waals surface area contributed by atoms with Gasteiger partial charge < -0.3 is 0 Å². The van der Waals surface area contributed by atoms with Gasteiger partial charge >= 0.3 is 0 Å². The first-order valence-corrected chi connectivity index (χ1v) is 29.0. The van der Waals surface area contributed by atoms with E-state index in [4.69, 9.17) is 0 Å². The molecule has 0 amide bonds. The van der Waals surface area contributed by atoms with Crippen molar-refractivity contribution in [3.05, 3.63) is 119 Å². The molecule has 0 bridgehead atoms. The van der Waals surface area contributed by atoms with Crippen LogP contribution in [0.1, 0.15) is 270 Å². The molecule has 4 aromatic carbocycles. The number of carbonyl (C=O) groups is 2. The lowest BCUT2D eigenvalue weighted by atomic mass is 9.67. The summed E-state index contributed by atoms with van der Waals surface area (Å²) in [5, 5.41) is 20.0. The molecular weight excluding hydrogens is 865 g/mol. The number of rotatable bonds is 29. The third-order valence-corrected chi connectivity index (χ3v) is 16.5. The van der Waals surface area contributed by atoms with Gasteiger partial charge in [-0.3, -0.25) is 9.59 Å². The minimum Gasteiger partial charge on any atom is -0.294 e. The fraction of sp³-hybridized carbons (Fsp3) is 0.582. The number of hydrogen-bond acceptors (Lipinski definition) is 4. The van der Waals surface area contributed by atoms with Gasteiger partial charge in [0.2, 0.25) is 0 Å². The van der Waals surface area contributed by atoms with Gasteiger partial charge in [0.25, 0.3) is 0 Å². The predicted molar refractivity (Wildman–Crippen MR) is 300 cm³/mol. The van der Waals surface area contributed by atoms with Crippen LogP contribution < -0.4 is 0 Å². The molecule has 4 heteroatoms. The smallest absolute Gasteiger partial charge is 0.162 e. The normalized spacial score (nSPS) is 19.7. The molecule has 2 saturated carbocycles. The first-order chi connectivity index (χ1) is 34.7. The topological polar surface area (TPSA) is 81.7 Å². The summed E-state index contributed by atoms with van der Waals surface area (Å²) in [5.41, 5.74) is 9.19. The molecular formula is C67H92N2O2. The number of benzene rings is 4. The summed E-state index contributed by atoms with van der Waals surface area (Å²) in [4.78, 5) is 25.2. The Labute approximate surface area is 432 Å². The van der Waals surface area contributed by atoms with Crippen LogP contribution in [-0.4, -0.2) is 11.6 Å². The van der Waals surface area contributed by atoms with E-state index < -0.39 is 0 Å². The van der Waals surface area contributed by atoms with Crippen LogP contribution >= 0.6 is 0 Å². The zero-order valence-electron chi connectivity index (χ0n) is 45.0. The Morgan fingerprint density at radius 3 is 1.07 bits per heavy atom. The van der Waals surface area contributed by atoms with Gasteiger partial charge in [0.05, 0.1) is 23.0 Å². The van der Waals surface area contributed by atoms with Crippen molar-refractivity contribution in [1.29, 1.82) is 10.5 Å². The molecule has 0 unspecified atom stereocenters. The molecule has 0 atom stereocenters. The van der Waals surface area contributed by atoms with E-state index in [-0.39, 0.29) is 22.4 Å². The maximum Gasteiger partial charge on any atom is 0.162 e. The van der Waals surface area contributed by atoms with Gasteiger partial charge in [0.1, 0.15) is 0 Å². The SMILES string of the molecule is CCCCCCCC(=O)c1ccc(-c2ccccc2C2CCC(C#N)(CCCCCCC)CC2)cc1.CCCCCCCC1(C#N)CCC(c2ccccc2-c2ccc(C(=O)CCCCCC)cc2)CC1. The van der Waals surface area contributed by atoms with Crippen LogP contribution in [-0.2, 0) is 0 Å². The van der Waals surface area contributed by atoms with Crippen molar-refractivity contribution in [3.8, 4) is 34.4 Å². The second-order valence-corrected chi connectivity index (χ2v) is 21.8. The largest absolute Gasteiger partial charge is 0.294 e. The van der Waals surface area contributed by atoms with E-state index in [0.29, 0.717) is 24.7 Å². The summed E-state index contributed by atoms with van der Waals surface area (Å²) in [6.45, 7) is 8.91. The van der Waals surface area contributed by atoms with Crippen molar-refractivity contribution in [3.63, 3.8) is 0 Å². The quantitative estimate of drug-likeness (QED) is 0.0401. The predicted octanol–water partition coefficient (Wildman–Crippen LogP) is 20.5. The highest BCUT2D eigenvalue weighted by Crippen LogP contribution is 2.49. The van der Waals surface area contributed by atoms with Gasteiger partial charge in [-0.2, -0.15) is 10.5 Å². The highest BCUT2D eigenvalue weighted by atomic mass is 16.1. The molecule has 0 saturated heterocycles. The molecule has 4 aromatic rings. The number of nitrogens with zero attached hydrogens (tertiary/aromatic N) is 2. The van der Waals surface area contributed by atoms with Crippen LogP contribution in [0.5, 0.6) is 0 Å². The van der Waals surface area contributed by atoms with Crippen LogP contribution in [0.4, 0.5) is 0 Å². The molecule has 4 nitrogen and oxygen atoms in total. The van der Waals surface area contributed by atoms with Crippen LogP contribution in [0.25, 0.3) is 22.3 Å². The third-order valence-electron chi connectivity index (χ3n) is 16.5. The van der Waals surface area contributed by atoms with Crippen molar-refractivity contribution in [2.24, 2.45) is 10.8 Å². The maximum atomic E-state index is 12.6. The zero-order chi connectivity index (χ0) is 50.6. The van der Waals surface area contributed by atoms with Crippen LogP contribution in [0, 0.1) is 33.5 Å². The molecule has 6 rings (SSSR count). The number of nitriles is 2. The molecule has 2 aliphatic carbocycles. The Kier molecular flexibility index (Phi) is 25.4. The maximum absolute atomic E-state index is 12.6. The Balaban J connectivity index is 0.000000264. The van der Waals surface area contributed by atoms with Crippen molar-refractivity contribution in [2.45, 2.75) is 239 Å². The van der Waals surface area contributed by atoms with Gasteiger partial charge in [0.15, 0.2) is 11.6 Å². The van der Waals surface area contributed by atoms with Crippen LogP contribution in [0.2, 0.25) is 0 Å². The van der Waals surface area contributed by atoms with E-state index in [1.54, 1.807) is 0 Å². The van der Waals surface area contributed by atoms with Crippen molar-refractivity contribution >= 4 is 11.6 Å². The number of hydrogen-bond donors (Lipinski definition) is 0. The van der Waals surface area contributed by atoms with Crippen molar-refractivity contribution in [1.82, 2.24) is 0 Å². The molecule has 0 radical (unpaired) electrons. The highest BCUT2D eigenvalue weighted by molar-refractivity contribution is 5.97. The summed E-state index contributed by atoms with van der Waals surface area (Å²) >= 11 is 0. The average molecular weight is 957 g/mol. The Bertz CT molecular complexity index is 2220. The van der Waals surface area contributed by atoms with Crippen LogP contribution in [0.3, 0.4) is 0 Å². The molecule has 0 aliphatic heterocycles. The summed E-state index contributed by atoms with van der Waals surface area (Å²) in [6, 6.07) is 39.5. The molecule has 0 aromatic heterocycles. The van der Waals surface area contributed by atoms with E-state index >= 15 is 0 Å². The van der Waals surface area contributed by atoms with E-state index in [9.17, 15) is 20.1 Å². The fourth-order valence-corrected chi connectivity index (χ4v) is 11.7. The molecule has 2 aliphatic rings. The summed E-state index contributed by atoms with van der Waals surface area (Å²) in [7, 11) is 0. The van der Waals surface area contributed by atoms with Gasteiger partial charge in [-0.1, -0.05) is 234 Å². The number of carbonyl (C=O) groups excluding carboxylic acids is 2. The van der Waals surface area contributed by atoms with E-state index in [1.165, 1.54) is 130 Å². The van der Waals surface area contributed by atoms with E-state index in [2.05, 4.69) is 113 Å². The van der Waals surface area contributed by atoms with Crippen molar-refractivity contribution in [2.75, 3.05) is 0 Å². The zero-order valence-corrected chi connectivity index (χ0v) is 45.0. The van der Waals surface area contributed by atoms with E-state index in [0.717, 1.165) is 101 Å². The molecule has 71 heavy (non-hydrogen) atoms. The minimum absolute atomic E-state index is 0.114. The average Bonchev–Trinajstić information content (AvgIpc) is 3.42. The number of ketones is 2. The number of unbranched alkanes of at least 4 members (excludes halogenated alkanes) is 15. The second kappa shape index (κ2) is 31.6. The van der Waals surface area contributed by atoms with Gasteiger partial charge in [0, 0.05) is 24.0 Å². The first kappa shape index (κ1) is 57.1. The Hall–Kier alpha value is -4.80. The van der Waals surface area contributed by atoms with Crippen molar-refractivity contribution < 1.29 is 9.59 Å². The summed E-state index contributed by atoms with van der Waals surface area (Å²) in [6.07, 6.45) is 34.9. The lowest BCUT2D eigenvalue weighted by Gasteiger charge is -2.36. The van der Waals surface area contributed by atoms with Gasteiger partial charge in [-0.25, -0.2) is 0 Å².